The Balaban J connectivity index is 1.09. The summed E-state index contributed by atoms with van der Waals surface area (Å²) in [6, 6.07) is 8.66. The number of hydrogen-bond donors (Lipinski definition) is 1. The smallest absolute Gasteiger partial charge is 0.321 e. The SMILES string of the molecule is C=CC(=O)N(C)C1CN(C(=O)N(C)[C@H](C(=O)N2N[C@@]23Cc2nc(cs2)-c2ccc4c(c2)c(c(-c2cccnc2[C@H](C)OC)n4CC)CC(C)(C)COC(=O)[C@@H]2CCCN(C3=O)[N+]3=CC23)C(C)C)C1. The number of ether oxygens (including phenoxy) is 2. The maximum absolute atomic E-state index is 15.2. The molecule has 0 saturated carbocycles. The molecule has 5 aliphatic heterocycles. The number of urea groups is 1. The number of amides is 5. The van der Waals surface area contributed by atoms with E-state index < -0.39 is 28.9 Å². The summed E-state index contributed by atoms with van der Waals surface area (Å²) in [7, 11) is 4.97. The first-order valence-corrected chi connectivity index (χ1v) is 24.5. The van der Waals surface area contributed by atoms with Gasteiger partial charge in [-0.25, -0.2) is 14.8 Å². The summed E-state index contributed by atoms with van der Waals surface area (Å²) in [5.74, 6) is -2.10. The molecule has 3 fully saturated rings. The normalized spacial score (nSPS) is 23.2. The predicted molar refractivity (Wildman–Crippen MR) is 257 cm³/mol. The van der Waals surface area contributed by atoms with Crippen LogP contribution in [0.15, 0.2) is 54.6 Å². The van der Waals surface area contributed by atoms with Gasteiger partial charge in [-0.2, -0.15) is 5.43 Å². The molecule has 3 saturated heterocycles. The van der Waals surface area contributed by atoms with Crippen molar-refractivity contribution in [1.82, 2.24) is 44.7 Å². The van der Waals surface area contributed by atoms with Crippen LogP contribution in [0, 0.1) is 17.3 Å². The minimum absolute atomic E-state index is 0.0716. The van der Waals surface area contributed by atoms with E-state index in [0.717, 1.165) is 44.7 Å². The van der Waals surface area contributed by atoms with Crippen LogP contribution in [0.5, 0.6) is 0 Å². The lowest BCUT2D eigenvalue weighted by Crippen LogP contribution is -2.65. The van der Waals surface area contributed by atoms with Crippen LogP contribution in [-0.4, -0.2) is 151 Å². The highest BCUT2D eigenvalue weighted by Gasteiger charge is 2.68. The first-order chi connectivity index (χ1) is 32.4. The van der Waals surface area contributed by atoms with E-state index in [-0.39, 0.29) is 60.9 Å². The number of aromatic nitrogens is 3. The number of methoxy groups -OCH3 is 1. The Kier molecular flexibility index (Phi) is 12.4. The van der Waals surface area contributed by atoms with Crippen molar-refractivity contribution in [1.29, 1.82) is 0 Å². The fourth-order valence-electron chi connectivity index (χ4n) is 10.5. The van der Waals surface area contributed by atoms with Crippen LogP contribution in [0.1, 0.15) is 76.8 Å². The van der Waals surface area contributed by atoms with Gasteiger partial charge >= 0.3 is 17.9 Å². The third-order valence-corrected chi connectivity index (χ3v) is 15.3. The Hall–Kier alpha value is -5.98. The average Bonchev–Trinajstić information content (AvgIpc) is 4.18. The van der Waals surface area contributed by atoms with Gasteiger partial charge < -0.3 is 28.7 Å². The maximum Gasteiger partial charge on any atom is 0.321 e. The third-order valence-electron chi connectivity index (χ3n) is 14.5. The number of likely N-dealkylation sites (tertiary alicyclic amines) is 1. The van der Waals surface area contributed by atoms with Crippen molar-refractivity contribution in [2.45, 2.75) is 104 Å². The zero-order valence-electron chi connectivity index (χ0n) is 40.5. The molecule has 68 heavy (non-hydrogen) atoms. The Morgan fingerprint density at radius 3 is 2.60 bits per heavy atom. The van der Waals surface area contributed by atoms with Crippen molar-refractivity contribution in [2.75, 3.05) is 47.4 Å². The molecule has 5 atom stereocenters. The Bertz CT molecular complexity index is 2740. The zero-order chi connectivity index (χ0) is 48.6. The number of hydrazone groups is 1. The quantitative estimate of drug-likeness (QED) is 0.101. The molecule has 1 unspecified atom stereocenters. The fourth-order valence-corrected chi connectivity index (χ4v) is 11.3. The van der Waals surface area contributed by atoms with Crippen LogP contribution in [-0.2, 0) is 48.0 Å². The molecule has 9 rings (SSSR count). The number of rotatable bonds is 9. The van der Waals surface area contributed by atoms with Crippen molar-refractivity contribution in [3.63, 3.8) is 0 Å². The number of pyridine rings is 1. The van der Waals surface area contributed by atoms with Crippen molar-refractivity contribution >= 4 is 58.2 Å². The standard InChI is InChI=1S/C50H63N10O7S/c1-11-41(61)54(8)32-24-56(25-32)48(65)55(9)43(29(3)4)45(62)60-50(53-60)23-40-52-37(27-68-40)31-17-18-38-35(21-31)36(44(57(38)12-2)34-15-13-19-51-42(34)30(5)66-10)22-49(6,7)28-67-46(63)33-16-14-20-58(47(50)64)59-26-39(33)59/h11,13,15,17-19,21,26-27,29-30,32-33,39,43,53H,1,12,14,16,20,22-25,28H2,2-10H3/q+1/t30-,33+,39?,43-,50-,60?/m0/s1. The van der Waals surface area contributed by atoms with Crippen molar-refractivity contribution in [2.24, 2.45) is 17.3 Å². The van der Waals surface area contributed by atoms with E-state index >= 15 is 4.79 Å². The van der Waals surface area contributed by atoms with Gasteiger partial charge in [-0.05, 0) is 74.9 Å². The molecule has 0 aliphatic carbocycles. The van der Waals surface area contributed by atoms with Gasteiger partial charge in [0.2, 0.25) is 17.8 Å². The van der Waals surface area contributed by atoms with Crippen LogP contribution in [0.25, 0.3) is 33.4 Å². The average molecular weight is 948 g/mol. The third kappa shape index (κ3) is 8.16. The molecular weight excluding hydrogens is 885 g/mol. The van der Waals surface area contributed by atoms with Crippen LogP contribution in [0.2, 0.25) is 0 Å². The Morgan fingerprint density at radius 1 is 1.13 bits per heavy atom. The number of thiazole rings is 1. The molecule has 17 nitrogen and oxygen atoms in total. The molecule has 4 aromatic rings. The highest BCUT2D eigenvalue weighted by atomic mass is 32.1. The monoisotopic (exact) mass is 947 g/mol. The molecule has 1 N–H and O–H groups in total. The number of fused-ring (bicyclic) bond motifs is 4. The summed E-state index contributed by atoms with van der Waals surface area (Å²) >= 11 is 1.43. The first kappa shape index (κ1) is 47.1. The molecule has 18 heteroatoms. The highest BCUT2D eigenvalue weighted by Crippen LogP contribution is 2.43. The number of aryl methyl sites for hydroxylation is 1. The second kappa shape index (κ2) is 17.8. The fraction of sp³-hybridized carbons (Fsp3) is 0.520. The number of hydrogen-bond acceptors (Lipinski definition) is 11. The molecule has 3 aromatic heterocycles. The maximum atomic E-state index is 15.2. The number of nitrogens with zero attached hydrogens (tertiary/aromatic N) is 9. The van der Waals surface area contributed by atoms with Crippen molar-refractivity contribution in [3.05, 3.63) is 70.8 Å². The summed E-state index contributed by atoms with van der Waals surface area (Å²) in [5.41, 5.74) is 7.87. The van der Waals surface area contributed by atoms with Crippen LogP contribution in [0.4, 0.5) is 4.79 Å². The van der Waals surface area contributed by atoms with Gasteiger partial charge in [-0.15, -0.1) is 16.3 Å². The summed E-state index contributed by atoms with van der Waals surface area (Å²) in [5, 5.41) is 6.72. The molecule has 360 valence electrons. The predicted octanol–water partition coefficient (Wildman–Crippen LogP) is 5.29. The lowest BCUT2D eigenvalue weighted by Gasteiger charge is -2.46. The number of carbonyl (C=O) groups is 5. The number of likely N-dealkylation sites (N-methyl/N-ethyl adjacent to an activating group) is 2. The number of cyclic esters (lactones) is 1. The van der Waals surface area contributed by atoms with Gasteiger partial charge in [0.1, 0.15) is 12.0 Å². The number of nitrogens with one attached hydrogen (secondary N) is 1. The lowest BCUT2D eigenvalue weighted by molar-refractivity contribution is -0.624. The second-order valence-corrected chi connectivity index (χ2v) is 20.9. The zero-order valence-corrected chi connectivity index (χ0v) is 41.3. The molecular formula is C50H63N10O7S+. The number of carbonyl (C=O) groups excluding carboxylic acids is 5. The van der Waals surface area contributed by atoms with Crippen LogP contribution < -0.4 is 5.43 Å². The van der Waals surface area contributed by atoms with Crippen LogP contribution in [0.3, 0.4) is 0 Å². The molecule has 5 amide bonds. The Morgan fingerprint density at radius 2 is 1.90 bits per heavy atom. The lowest BCUT2D eigenvalue weighted by atomic mass is 9.84. The van der Waals surface area contributed by atoms with Crippen LogP contribution >= 0.6 is 11.3 Å². The van der Waals surface area contributed by atoms with Gasteiger partial charge in [-0.1, -0.05) is 45.0 Å². The van der Waals surface area contributed by atoms with E-state index in [4.69, 9.17) is 19.4 Å². The number of esters is 1. The summed E-state index contributed by atoms with van der Waals surface area (Å²) in [4.78, 5) is 84.9. The summed E-state index contributed by atoms with van der Waals surface area (Å²) < 4.78 is 16.2. The molecule has 6 bridgehead atoms. The molecule has 1 spiro atoms. The molecule has 8 heterocycles. The van der Waals surface area contributed by atoms with Gasteiger partial charge in [0.25, 0.3) is 11.9 Å². The topological polar surface area (TPSA) is 175 Å². The number of hydrazine groups is 2. The van der Waals surface area contributed by atoms with E-state index in [1.165, 1.54) is 27.3 Å². The van der Waals surface area contributed by atoms with E-state index in [9.17, 15) is 19.2 Å². The van der Waals surface area contributed by atoms with E-state index in [1.54, 1.807) is 42.2 Å². The van der Waals surface area contributed by atoms with Crippen molar-refractivity contribution < 1.29 is 38.1 Å². The molecule has 0 radical (unpaired) electrons. The van der Waals surface area contributed by atoms with Gasteiger partial charge in [0.05, 0.1) is 47.4 Å². The summed E-state index contributed by atoms with van der Waals surface area (Å²) in [6.45, 7) is 17.6. The van der Waals surface area contributed by atoms with Crippen molar-refractivity contribution in [3.8, 4) is 22.5 Å². The van der Waals surface area contributed by atoms with E-state index in [0.29, 0.717) is 50.4 Å². The minimum Gasteiger partial charge on any atom is -0.465 e. The molecule has 1 aromatic carbocycles. The second-order valence-electron chi connectivity index (χ2n) is 20.0. The minimum atomic E-state index is -1.52. The largest absolute Gasteiger partial charge is 0.465 e. The van der Waals surface area contributed by atoms with E-state index in [1.807, 2.05) is 43.1 Å². The summed E-state index contributed by atoms with van der Waals surface area (Å²) in [6.07, 6.45) is 6.40. The Labute approximate surface area is 401 Å². The highest BCUT2D eigenvalue weighted by molar-refractivity contribution is 7.10. The number of benzene rings is 1. The van der Waals surface area contributed by atoms with Gasteiger partial charge in [0, 0.05) is 86.3 Å². The van der Waals surface area contributed by atoms with Gasteiger partial charge in [-0.3, -0.25) is 24.2 Å². The van der Waals surface area contributed by atoms with Gasteiger partial charge in [0.15, 0.2) is 0 Å². The van der Waals surface area contributed by atoms with E-state index in [2.05, 4.69) is 61.6 Å². The molecule has 5 aliphatic rings. The first-order valence-electron chi connectivity index (χ1n) is 23.7.